The van der Waals surface area contributed by atoms with Crippen molar-refractivity contribution in [3.05, 3.63) is 48.3 Å². The SMILES string of the molecule is COCC(=O)N(C)C[C@H]1Oc2cc(-c3ccccc3F)ccc2S(=O)(=O)N([C@@H](C)CO)C[C@@H]1C. The minimum atomic E-state index is -4.02. The number of aliphatic hydroxyl groups is 1. The summed E-state index contributed by atoms with van der Waals surface area (Å²) in [6.07, 6.45) is -0.565. The van der Waals surface area contributed by atoms with Crippen LogP contribution in [-0.4, -0.2) is 81.2 Å². The van der Waals surface area contributed by atoms with Gasteiger partial charge in [-0.2, -0.15) is 4.31 Å². The molecule has 3 atom stereocenters. The summed E-state index contributed by atoms with van der Waals surface area (Å²) >= 11 is 0. The molecule has 8 nitrogen and oxygen atoms in total. The highest BCUT2D eigenvalue weighted by atomic mass is 32.2. The van der Waals surface area contributed by atoms with Crippen molar-refractivity contribution in [2.75, 3.05) is 40.5 Å². The lowest BCUT2D eigenvalue weighted by atomic mass is 10.0. The van der Waals surface area contributed by atoms with Crippen molar-refractivity contribution >= 4 is 15.9 Å². The Labute approximate surface area is 199 Å². The number of fused-ring (bicyclic) bond motifs is 1. The van der Waals surface area contributed by atoms with Gasteiger partial charge in [-0.05, 0) is 30.7 Å². The van der Waals surface area contributed by atoms with Gasteiger partial charge < -0.3 is 19.5 Å². The number of sulfonamides is 1. The minimum Gasteiger partial charge on any atom is -0.487 e. The van der Waals surface area contributed by atoms with Gasteiger partial charge in [0.05, 0.1) is 13.2 Å². The molecule has 2 aromatic carbocycles. The summed E-state index contributed by atoms with van der Waals surface area (Å²) in [5.41, 5.74) is 0.774. The Morgan fingerprint density at radius 1 is 1.32 bits per heavy atom. The molecule has 1 aliphatic rings. The fourth-order valence-electron chi connectivity index (χ4n) is 3.91. The molecule has 0 aromatic heterocycles. The average Bonchev–Trinajstić information content (AvgIpc) is 2.81. The Morgan fingerprint density at radius 3 is 2.68 bits per heavy atom. The number of benzene rings is 2. The van der Waals surface area contributed by atoms with Gasteiger partial charge in [0.15, 0.2) is 0 Å². The highest BCUT2D eigenvalue weighted by Gasteiger charge is 2.38. The second-order valence-corrected chi connectivity index (χ2v) is 10.4. The number of halogens is 1. The van der Waals surface area contributed by atoms with E-state index < -0.39 is 28.0 Å². The van der Waals surface area contributed by atoms with Gasteiger partial charge in [-0.3, -0.25) is 4.79 Å². The van der Waals surface area contributed by atoms with Crippen molar-refractivity contribution in [3.8, 4) is 16.9 Å². The Kier molecular flexibility index (Phi) is 8.29. The lowest BCUT2D eigenvalue weighted by Crippen LogP contribution is -2.50. The topological polar surface area (TPSA) is 96.4 Å². The Balaban J connectivity index is 2.11. The lowest BCUT2D eigenvalue weighted by molar-refractivity contribution is -0.135. The van der Waals surface area contributed by atoms with E-state index in [1.807, 2.05) is 6.92 Å². The molecule has 0 spiro atoms. The van der Waals surface area contributed by atoms with Gasteiger partial charge in [-0.1, -0.05) is 31.2 Å². The van der Waals surface area contributed by atoms with Gasteiger partial charge in [-0.25, -0.2) is 12.8 Å². The number of likely N-dealkylation sites (N-methyl/N-ethyl adjacent to an activating group) is 1. The molecule has 0 aliphatic carbocycles. The summed E-state index contributed by atoms with van der Waals surface area (Å²) in [5.74, 6) is -0.942. The summed E-state index contributed by atoms with van der Waals surface area (Å²) < 4.78 is 53.9. The number of ether oxygens (including phenoxy) is 2. The van der Waals surface area contributed by atoms with Crippen LogP contribution in [0.4, 0.5) is 4.39 Å². The molecule has 0 fully saturated rings. The van der Waals surface area contributed by atoms with Crippen LogP contribution in [0.2, 0.25) is 0 Å². The van der Waals surface area contributed by atoms with Crippen LogP contribution in [-0.2, 0) is 19.6 Å². The Bertz CT molecular complexity index is 1130. The summed E-state index contributed by atoms with van der Waals surface area (Å²) in [4.78, 5) is 13.7. The lowest BCUT2D eigenvalue weighted by Gasteiger charge is -2.37. The second-order valence-electron chi connectivity index (χ2n) is 8.59. The van der Waals surface area contributed by atoms with E-state index in [2.05, 4.69) is 0 Å². The van der Waals surface area contributed by atoms with Crippen LogP contribution in [0.15, 0.2) is 47.4 Å². The molecular formula is C24H31FN2O6S. The third-order valence-electron chi connectivity index (χ3n) is 6.00. The molecule has 1 amide bonds. The van der Waals surface area contributed by atoms with Gasteiger partial charge in [-0.15, -0.1) is 0 Å². The molecule has 0 bridgehead atoms. The van der Waals surface area contributed by atoms with Gasteiger partial charge in [0.25, 0.3) is 0 Å². The Morgan fingerprint density at radius 2 is 2.03 bits per heavy atom. The summed E-state index contributed by atoms with van der Waals surface area (Å²) in [6.45, 7) is 3.30. The van der Waals surface area contributed by atoms with Crippen LogP contribution >= 0.6 is 0 Å². The number of hydrogen-bond acceptors (Lipinski definition) is 6. The predicted molar refractivity (Wildman–Crippen MR) is 125 cm³/mol. The highest BCUT2D eigenvalue weighted by Crippen LogP contribution is 2.37. The van der Waals surface area contributed by atoms with Crippen molar-refractivity contribution in [1.82, 2.24) is 9.21 Å². The molecule has 34 heavy (non-hydrogen) atoms. The zero-order valence-electron chi connectivity index (χ0n) is 19.8. The number of methoxy groups -OCH3 is 1. The van der Waals surface area contributed by atoms with Crippen LogP contribution in [0.25, 0.3) is 11.1 Å². The van der Waals surface area contributed by atoms with Crippen LogP contribution in [0, 0.1) is 11.7 Å². The molecule has 2 aromatic rings. The number of nitrogens with zero attached hydrogens (tertiary/aromatic N) is 2. The first-order valence-electron chi connectivity index (χ1n) is 11.0. The summed E-state index contributed by atoms with van der Waals surface area (Å²) in [5, 5.41) is 9.74. The van der Waals surface area contributed by atoms with Crippen LogP contribution in [0.1, 0.15) is 13.8 Å². The van der Waals surface area contributed by atoms with Gasteiger partial charge in [0.1, 0.15) is 29.2 Å². The molecule has 0 saturated carbocycles. The number of rotatable bonds is 7. The largest absolute Gasteiger partial charge is 0.487 e. The van der Waals surface area contributed by atoms with Crippen LogP contribution < -0.4 is 4.74 Å². The molecule has 0 unspecified atom stereocenters. The number of amides is 1. The van der Waals surface area contributed by atoms with Gasteiger partial charge in [0, 0.05) is 38.2 Å². The Hall–Kier alpha value is -2.53. The normalized spacial score (nSPS) is 21.0. The molecular weight excluding hydrogens is 463 g/mol. The van der Waals surface area contributed by atoms with Crippen LogP contribution in [0.5, 0.6) is 5.75 Å². The zero-order chi connectivity index (χ0) is 25.0. The van der Waals surface area contributed by atoms with E-state index in [-0.39, 0.29) is 48.8 Å². The number of carbonyl (C=O) groups is 1. The van der Waals surface area contributed by atoms with Gasteiger partial charge >= 0.3 is 0 Å². The van der Waals surface area contributed by atoms with Crippen molar-refractivity contribution < 1.29 is 32.2 Å². The molecule has 3 rings (SSSR count). The van der Waals surface area contributed by atoms with E-state index >= 15 is 0 Å². The first-order valence-corrected chi connectivity index (χ1v) is 12.4. The van der Waals surface area contributed by atoms with E-state index in [4.69, 9.17) is 9.47 Å². The average molecular weight is 495 g/mol. The fraction of sp³-hybridized carbons (Fsp3) is 0.458. The van der Waals surface area contributed by atoms with Gasteiger partial charge in [0.2, 0.25) is 15.9 Å². The monoisotopic (exact) mass is 494 g/mol. The van der Waals surface area contributed by atoms with Crippen molar-refractivity contribution in [2.24, 2.45) is 5.92 Å². The quantitative estimate of drug-likeness (QED) is 0.635. The summed E-state index contributed by atoms with van der Waals surface area (Å²) in [6, 6.07) is 9.98. The molecule has 1 heterocycles. The maximum absolute atomic E-state index is 14.4. The molecule has 0 saturated heterocycles. The first-order chi connectivity index (χ1) is 16.1. The zero-order valence-corrected chi connectivity index (χ0v) is 20.6. The van der Waals surface area contributed by atoms with E-state index in [1.54, 1.807) is 32.2 Å². The highest BCUT2D eigenvalue weighted by molar-refractivity contribution is 7.89. The second kappa shape index (κ2) is 10.8. The molecule has 0 radical (unpaired) electrons. The number of hydrogen-bond donors (Lipinski definition) is 1. The molecule has 186 valence electrons. The number of carbonyl (C=O) groups excluding carboxylic acids is 1. The van der Waals surface area contributed by atoms with E-state index in [9.17, 15) is 22.7 Å². The standard InChI is InChI=1S/C24H31FN2O6S/c1-16-12-27(17(2)14-28)34(30,31)23-10-9-18(19-7-5-6-8-20(19)25)11-21(23)33-22(16)13-26(3)24(29)15-32-4/h5-11,16-17,22,28H,12-15H2,1-4H3/t16-,17-,22+/m0/s1. The third-order valence-corrected chi connectivity index (χ3v) is 8.02. The van der Waals surface area contributed by atoms with Crippen molar-refractivity contribution in [2.45, 2.75) is 30.9 Å². The first kappa shape index (κ1) is 26.1. The minimum absolute atomic E-state index is 0.0695. The summed E-state index contributed by atoms with van der Waals surface area (Å²) in [7, 11) is -0.965. The van der Waals surface area contributed by atoms with Crippen molar-refractivity contribution in [3.63, 3.8) is 0 Å². The third kappa shape index (κ3) is 5.41. The molecule has 1 N–H and O–H groups in total. The maximum atomic E-state index is 14.4. The van der Waals surface area contributed by atoms with Crippen molar-refractivity contribution in [1.29, 1.82) is 0 Å². The van der Waals surface area contributed by atoms with E-state index in [0.717, 1.165) is 0 Å². The predicted octanol–water partition coefficient (Wildman–Crippen LogP) is 2.37. The molecule has 1 aliphatic heterocycles. The maximum Gasteiger partial charge on any atom is 0.248 e. The molecule has 10 heteroatoms. The fourth-order valence-corrected chi connectivity index (χ4v) is 5.74. The number of aliphatic hydroxyl groups excluding tert-OH is 1. The smallest absolute Gasteiger partial charge is 0.248 e. The van der Waals surface area contributed by atoms with E-state index in [1.165, 1.54) is 40.6 Å². The van der Waals surface area contributed by atoms with E-state index in [0.29, 0.717) is 11.1 Å². The van der Waals surface area contributed by atoms with Crippen LogP contribution in [0.3, 0.4) is 0 Å².